The number of likely N-dealkylation sites (N-methyl/N-ethyl adjacent to an activating group) is 2. The van der Waals surface area contributed by atoms with Crippen LogP contribution >= 0.6 is 7.92 Å². The predicted octanol–water partition coefficient (Wildman–Crippen LogP) is 4.01. The zero-order valence-corrected chi connectivity index (χ0v) is 18.3. The second-order valence-electron chi connectivity index (χ2n) is 7.61. The van der Waals surface area contributed by atoms with Crippen LogP contribution in [0.15, 0.2) is 48.5 Å². The molecule has 2 aromatic carbocycles. The maximum atomic E-state index is 13.6. The predicted molar refractivity (Wildman–Crippen MR) is 119 cm³/mol. The summed E-state index contributed by atoms with van der Waals surface area (Å²) in [6, 6.07) is 13.7. The highest BCUT2D eigenvalue weighted by atomic mass is 31.1. The van der Waals surface area contributed by atoms with Gasteiger partial charge in [0.05, 0.1) is 0 Å². The van der Waals surface area contributed by atoms with Gasteiger partial charge in [-0.05, 0) is 90.1 Å². The number of nitrogens with zero attached hydrogens (tertiary/aromatic N) is 2. The molecule has 1 aliphatic rings. The van der Waals surface area contributed by atoms with E-state index in [1.54, 1.807) is 0 Å². The molecular weight excluding hydrogens is 385 g/mol. The van der Waals surface area contributed by atoms with Gasteiger partial charge in [-0.25, -0.2) is 8.78 Å². The summed E-state index contributed by atoms with van der Waals surface area (Å²) in [6.07, 6.45) is 6.42. The maximum Gasteiger partial charge on any atom is 0.123 e. The van der Waals surface area contributed by atoms with Crippen LogP contribution in [0.1, 0.15) is 6.92 Å². The smallest absolute Gasteiger partial charge is 0.123 e. The van der Waals surface area contributed by atoms with Crippen molar-refractivity contribution >= 4 is 18.5 Å². The SMILES string of the molecule is C[C@H]([C]1[CH][CH][CH][C]1P(c1ccc(F)cc1)c1ccc(F)cc1)N(C)CCN(C)C. The van der Waals surface area contributed by atoms with E-state index in [2.05, 4.69) is 57.1 Å². The first kappa shape index (κ1) is 22.3. The Kier molecular flexibility index (Phi) is 7.79. The van der Waals surface area contributed by atoms with Crippen LogP contribution in [0.3, 0.4) is 0 Å². The number of rotatable bonds is 8. The highest BCUT2D eigenvalue weighted by molar-refractivity contribution is 7.76. The molecule has 0 heterocycles. The molecule has 3 rings (SSSR count). The van der Waals surface area contributed by atoms with Crippen LogP contribution in [0, 0.1) is 42.5 Å². The van der Waals surface area contributed by atoms with Crippen LogP contribution in [0.4, 0.5) is 8.78 Å². The van der Waals surface area contributed by atoms with E-state index >= 15 is 0 Å². The second kappa shape index (κ2) is 10.1. The molecule has 0 aromatic heterocycles. The van der Waals surface area contributed by atoms with Crippen LogP contribution in [-0.4, -0.2) is 50.1 Å². The van der Waals surface area contributed by atoms with Crippen LogP contribution in [0.2, 0.25) is 0 Å². The Bertz CT molecular complexity index is 718. The summed E-state index contributed by atoms with van der Waals surface area (Å²) in [6.45, 7) is 4.17. The summed E-state index contributed by atoms with van der Waals surface area (Å²) in [7, 11) is 5.39. The Morgan fingerprint density at radius 3 is 1.79 bits per heavy atom. The summed E-state index contributed by atoms with van der Waals surface area (Å²) in [5.74, 6) is 0.774. The highest BCUT2D eigenvalue weighted by Crippen LogP contribution is 2.57. The summed E-state index contributed by atoms with van der Waals surface area (Å²) in [5, 5.41) is 2.12. The molecule has 1 aliphatic carbocycles. The quantitative estimate of drug-likeness (QED) is 0.604. The monoisotopic (exact) mass is 413 g/mol. The molecule has 0 N–H and O–H groups in total. The van der Waals surface area contributed by atoms with Crippen LogP contribution < -0.4 is 10.6 Å². The van der Waals surface area contributed by atoms with Crippen molar-refractivity contribution in [3.05, 3.63) is 91.0 Å². The largest absolute Gasteiger partial charge is 0.308 e. The van der Waals surface area contributed by atoms with Crippen LogP contribution in [0.25, 0.3) is 0 Å². The number of benzene rings is 2. The average Bonchev–Trinajstić information content (AvgIpc) is 3.18. The van der Waals surface area contributed by atoms with E-state index in [-0.39, 0.29) is 17.7 Å². The Morgan fingerprint density at radius 2 is 1.31 bits per heavy atom. The third-order valence-corrected chi connectivity index (χ3v) is 7.77. The first-order valence-corrected chi connectivity index (χ1v) is 11.1. The molecule has 0 saturated heterocycles. The van der Waals surface area contributed by atoms with Gasteiger partial charge in [0.25, 0.3) is 0 Å². The Hall–Kier alpha value is -1.35. The van der Waals surface area contributed by atoms with E-state index in [0.29, 0.717) is 0 Å². The highest BCUT2D eigenvalue weighted by Gasteiger charge is 2.40. The molecule has 1 atom stereocenters. The molecular formula is C24H28F2N2P. The lowest BCUT2D eigenvalue weighted by atomic mass is 9.98. The first-order chi connectivity index (χ1) is 13.9. The lowest BCUT2D eigenvalue weighted by molar-refractivity contribution is 0.240. The Balaban J connectivity index is 1.89. The molecule has 0 bridgehead atoms. The van der Waals surface area contributed by atoms with Crippen molar-refractivity contribution in [3.8, 4) is 0 Å². The van der Waals surface area contributed by atoms with Gasteiger partial charge in [0.2, 0.25) is 0 Å². The molecule has 1 fully saturated rings. The van der Waals surface area contributed by atoms with Gasteiger partial charge in [0.15, 0.2) is 0 Å². The molecule has 5 heteroatoms. The van der Waals surface area contributed by atoms with Crippen molar-refractivity contribution in [1.82, 2.24) is 9.80 Å². The molecule has 0 spiro atoms. The summed E-state index contributed by atoms with van der Waals surface area (Å²) in [4.78, 5) is 4.53. The molecule has 29 heavy (non-hydrogen) atoms. The van der Waals surface area contributed by atoms with Gasteiger partial charge in [-0.1, -0.05) is 24.3 Å². The molecule has 0 unspecified atom stereocenters. The number of hydrogen-bond acceptors (Lipinski definition) is 2. The Morgan fingerprint density at radius 1 is 0.793 bits per heavy atom. The van der Waals surface area contributed by atoms with Gasteiger partial charge >= 0.3 is 0 Å². The van der Waals surface area contributed by atoms with Crippen molar-refractivity contribution in [2.24, 2.45) is 0 Å². The average molecular weight is 413 g/mol. The molecule has 2 nitrogen and oxygen atoms in total. The summed E-state index contributed by atoms with van der Waals surface area (Å²) < 4.78 is 27.1. The minimum Gasteiger partial charge on any atom is -0.308 e. The fourth-order valence-corrected chi connectivity index (χ4v) is 5.88. The van der Waals surface area contributed by atoms with E-state index in [1.807, 2.05) is 24.3 Å². The van der Waals surface area contributed by atoms with Gasteiger partial charge in [0, 0.05) is 30.7 Å². The number of hydrogen-bond donors (Lipinski definition) is 0. The van der Waals surface area contributed by atoms with E-state index in [1.165, 1.54) is 35.8 Å². The molecule has 1 saturated carbocycles. The topological polar surface area (TPSA) is 6.48 Å². The normalized spacial score (nSPS) is 17.0. The van der Waals surface area contributed by atoms with Crippen LogP contribution in [-0.2, 0) is 0 Å². The third-order valence-electron chi connectivity index (χ3n) is 5.25. The van der Waals surface area contributed by atoms with Gasteiger partial charge in [-0.2, -0.15) is 0 Å². The van der Waals surface area contributed by atoms with Crippen molar-refractivity contribution in [1.29, 1.82) is 0 Å². The van der Waals surface area contributed by atoms with E-state index < -0.39 is 7.92 Å². The van der Waals surface area contributed by atoms with Gasteiger partial charge in [0.1, 0.15) is 11.6 Å². The van der Waals surface area contributed by atoms with Gasteiger partial charge in [-0.3, -0.25) is 0 Å². The summed E-state index contributed by atoms with van der Waals surface area (Å²) in [5.41, 5.74) is 1.24. The second-order valence-corrected chi connectivity index (χ2v) is 9.80. The van der Waals surface area contributed by atoms with Crippen molar-refractivity contribution < 1.29 is 8.78 Å². The van der Waals surface area contributed by atoms with Gasteiger partial charge < -0.3 is 9.80 Å². The van der Waals surface area contributed by atoms with Gasteiger partial charge in [-0.15, -0.1) is 0 Å². The maximum absolute atomic E-state index is 13.6. The van der Waals surface area contributed by atoms with E-state index in [9.17, 15) is 8.78 Å². The zero-order chi connectivity index (χ0) is 21.0. The van der Waals surface area contributed by atoms with Crippen molar-refractivity contribution in [3.63, 3.8) is 0 Å². The zero-order valence-electron chi connectivity index (χ0n) is 17.4. The fraction of sp³-hybridized carbons (Fsp3) is 0.292. The van der Waals surface area contributed by atoms with Crippen molar-refractivity contribution in [2.45, 2.75) is 13.0 Å². The summed E-state index contributed by atoms with van der Waals surface area (Å²) >= 11 is 0. The standard InChI is InChI=1S/C24H28F2N2P/c1-18(28(4)17-16-27(2)3)23-6-5-7-24(23)29(21-12-8-19(25)9-13-21)22-14-10-20(26)11-15-22/h5-15,18H,16-17H2,1-4H3/t18-/m1/s1. The fourth-order valence-electron chi connectivity index (χ4n) is 3.38. The molecule has 153 valence electrons. The van der Waals surface area contributed by atoms with Crippen LogP contribution in [0.5, 0.6) is 0 Å². The lowest BCUT2D eigenvalue weighted by Gasteiger charge is -2.36. The lowest BCUT2D eigenvalue weighted by Crippen LogP contribution is -2.40. The first-order valence-electron chi connectivity index (χ1n) is 9.78. The number of halogens is 2. The van der Waals surface area contributed by atoms with E-state index in [4.69, 9.17) is 0 Å². The Labute approximate surface area is 175 Å². The molecule has 5 radical (unpaired) electrons. The molecule has 0 amide bonds. The molecule has 2 aromatic rings. The minimum atomic E-state index is -0.904. The molecule has 0 aliphatic heterocycles. The van der Waals surface area contributed by atoms with Crippen molar-refractivity contribution in [2.75, 3.05) is 34.2 Å². The van der Waals surface area contributed by atoms with E-state index in [0.717, 1.165) is 23.7 Å². The minimum absolute atomic E-state index is 0.242. The third kappa shape index (κ3) is 5.63.